The topological polar surface area (TPSA) is 49.0 Å². The van der Waals surface area contributed by atoms with Gasteiger partial charge in [0.25, 0.3) is 5.56 Å². The Morgan fingerprint density at radius 3 is 2.94 bits per heavy atom. The molecular formula is C12H18ClN3O. The number of hydrogen-bond donors (Lipinski definition) is 1. The summed E-state index contributed by atoms with van der Waals surface area (Å²) in [4.78, 5) is 21.6. The summed E-state index contributed by atoms with van der Waals surface area (Å²) in [5, 5.41) is 0. The van der Waals surface area contributed by atoms with Crippen LogP contribution < -0.4 is 5.56 Å². The number of fused-ring (bicyclic) bond motifs is 1. The molecule has 1 aromatic rings. The smallest absolute Gasteiger partial charge is 0.254 e. The van der Waals surface area contributed by atoms with Crippen molar-refractivity contribution in [3.63, 3.8) is 0 Å². The van der Waals surface area contributed by atoms with Gasteiger partial charge in [-0.3, -0.25) is 9.69 Å². The molecule has 1 aliphatic heterocycles. The van der Waals surface area contributed by atoms with Crippen molar-refractivity contribution in [3.8, 4) is 0 Å². The summed E-state index contributed by atoms with van der Waals surface area (Å²) in [6.45, 7) is 6.55. The fourth-order valence-corrected chi connectivity index (χ4v) is 2.34. The van der Waals surface area contributed by atoms with Gasteiger partial charge in [-0.25, -0.2) is 4.98 Å². The molecule has 0 spiro atoms. The maximum atomic E-state index is 11.9. The Morgan fingerprint density at radius 2 is 2.29 bits per heavy atom. The molecule has 1 aliphatic rings. The standard InChI is InChI=1S/C12H18ClN3O/c1-8(2)11-14-10-7-16(6-4-13)5-3-9(10)12(17)15-11/h8H,3-7H2,1-2H3,(H,14,15,17). The molecular weight excluding hydrogens is 238 g/mol. The van der Waals surface area contributed by atoms with Crippen LogP contribution in [-0.2, 0) is 13.0 Å². The van der Waals surface area contributed by atoms with Crippen LogP contribution in [0.1, 0.15) is 36.8 Å². The van der Waals surface area contributed by atoms with Crippen LogP contribution in [0.3, 0.4) is 0 Å². The number of aromatic nitrogens is 2. The predicted molar refractivity (Wildman–Crippen MR) is 68.6 cm³/mol. The highest BCUT2D eigenvalue weighted by molar-refractivity contribution is 6.18. The van der Waals surface area contributed by atoms with Gasteiger partial charge in [0.05, 0.1) is 5.69 Å². The van der Waals surface area contributed by atoms with Gasteiger partial charge in [0.1, 0.15) is 5.82 Å². The molecule has 0 aliphatic carbocycles. The van der Waals surface area contributed by atoms with Crippen LogP contribution in [-0.4, -0.2) is 33.8 Å². The lowest BCUT2D eigenvalue weighted by atomic mass is 10.1. The Balaban J connectivity index is 2.32. The second-order valence-electron chi connectivity index (χ2n) is 4.75. The number of hydrogen-bond acceptors (Lipinski definition) is 3. The number of halogens is 1. The molecule has 0 amide bonds. The van der Waals surface area contributed by atoms with Crippen LogP contribution in [0.15, 0.2) is 4.79 Å². The highest BCUT2D eigenvalue weighted by Crippen LogP contribution is 2.16. The quantitative estimate of drug-likeness (QED) is 0.833. The molecule has 0 bridgehead atoms. The summed E-state index contributed by atoms with van der Waals surface area (Å²) in [6.07, 6.45) is 0.771. The normalized spacial score (nSPS) is 16.2. The third kappa shape index (κ3) is 2.69. The van der Waals surface area contributed by atoms with E-state index < -0.39 is 0 Å². The first-order valence-corrected chi connectivity index (χ1v) is 6.55. The number of nitrogens with one attached hydrogen (secondary N) is 1. The molecule has 0 fully saturated rings. The first-order chi connectivity index (χ1) is 8.11. The van der Waals surface area contributed by atoms with Crippen molar-refractivity contribution in [1.29, 1.82) is 0 Å². The molecule has 0 saturated carbocycles. The number of aromatic amines is 1. The monoisotopic (exact) mass is 255 g/mol. The Morgan fingerprint density at radius 1 is 1.53 bits per heavy atom. The van der Waals surface area contributed by atoms with E-state index in [4.69, 9.17) is 11.6 Å². The molecule has 0 unspecified atom stereocenters. The van der Waals surface area contributed by atoms with E-state index >= 15 is 0 Å². The summed E-state index contributed by atoms with van der Waals surface area (Å²) in [5.74, 6) is 1.65. The average Bonchev–Trinajstić information content (AvgIpc) is 2.28. The molecule has 1 N–H and O–H groups in total. The number of alkyl halides is 1. The van der Waals surface area contributed by atoms with Crippen molar-refractivity contribution in [2.24, 2.45) is 0 Å². The minimum absolute atomic E-state index is 0.0317. The van der Waals surface area contributed by atoms with Gasteiger partial charge in [0.15, 0.2) is 0 Å². The first-order valence-electron chi connectivity index (χ1n) is 6.02. The summed E-state index contributed by atoms with van der Waals surface area (Å²) in [7, 11) is 0. The Labute approximate surface area is 106 Å². The van der Waals surface area contributed by atoms with Gasteiger partial charge in [0, 0.05) is 37.0 Å². The van der Waals surface area contributed by atoms with E-state index in [0.717, 1.165) is 43.1 Å². The molecule has 0 radical (unpaired) electrons. The SMILES string of the molecule is CC(C)c1nc2c(c(=O)[nH]1)CCN(CCCl)C2. The van der Waals surface area contributed by atoms with E-state index in [1.165, 1.54) is 0 Å². The van der Waals surface area contributed by atoms with Crippen LogP contribution in [0.4, 0.5) is 0 Å². The maximum absolute atomic E-state index is 11.9. The first kappa shape index (κ1) is 12.6. The third-order valence-electron chi connectivity index (χ3n) is 3.12. The third-order valence-corrected chi connectivity index (χ3v) is 3.29. The van der Waals surface area contributed by atoms with Crippen molar-refractivity contribution in [2.45, 2.75) is 32.7 Å². The number of nitrogens with zero attached hydrogens (tertiary/aromatic N) is 2. The minimum atomic E-state index is 0.0317. The van der Waals surface area contributed by atoms with E-state index in [1.54, 1.807) is 0 Å². The largest absolute Gasteiger partial charge is 0.310 e. The van der Waals surface area contributed by atoms with Gasteiger partial charge in [-0.2, -0.15) is 0 Å². The van der Waals surface area contributed by atoms with Gasteiger partial charge in [0.2, 0.25) is 0 Å². The average molecular weight is 256 g/mol. The predicted octanol–water partition coefficient (Wildman–Crippen LogP) is 1.49. The number of H-pyrrole nitrogens is 1. The maximum Gasteiger partial charge on any atom is 0.254 e. The second-order valence-corrected chi connectivity index (χ2v) is 5.12. The van der Waals surface area contributed by atoms with Gasteiger partial charge in [-0.05, 0) is 6.42 Å². The van der Waals surface area contributed by atoms with Crippen LogP contribution >= 0.6 is 11.6 Å². The van der Waals surface area contributed by atoms with E-state index in [2.05, 4.69) is 14.9 Å². The zero-order chi connectivity index (χ0) is 12.4. The molecule has 5 heteroatoms. The molecule has 0 saturated heterocycles. The molecule has 17 heavy (non-hydrogen) atoms. The van der Waals surface area contributed by atoms with Crippen LogP contribution in [0.2, 0.25) is 0 Å². The van der Waals surface area contributed by atoms with Gasteiger partial charge >= 0.3 is 0 Å². The van der Waals surface area contributed by atoms with E-state index in [-0.39, 0.29) is 11.5 Å². The molecule has 2 rings (SSSR count). The van der Waals surface area contributed by atoms with E-state index in [9.17, 15) is 4.79 Å². The highest BCUT2D eigenvalue weighted by Gasteiger charge is 2.20. The molecule has 2 heterocycles. The molecule has 94 valence electrons. The lowest BCUT2D eigenvalue weighted by molar-refractivity contribution is 0.263. The Bertz CT molecular complexity index is 456. The van der Waals surface area contributed by atoms with E-state index in [1.807, 2.05) is 13.8 Å². The lowest BCUT2D eigenvalue weighted by Gasteiger charge is -2.27. The Kier molecular flexibility index (Phi) is 3.84. The zero-order valence-electron chi connectivity index (χ0n) is 10.3. The van der Waals surface area contributed by atoms with Crippen molar-refractivity contribution in [3.05, 3.63) is 27.4 Å². The second kappa shape index (κ2) is 5.19. The van der Waals surface area contributed by atoms with Crippen LogP contribution in [0.25, 0.3) is 0 Å². The fourth-order valence-electron chi connectivity index (χ4n) is 2.10. The van der Waals surface area contributed by atoms with Gasteiger partial charge < -0.3 is 4.98 Å². The van der Waals surface area contributed by atoms with Crippen molar-refractivity contribution in [2.75, 3.05) is 19.0 Å². The van der Waals surface area contributed by atoms with Crippen molar-refractivity contribution >= 4 is 11.6 Å². The summed E-state index contributed by atoms with van der Waals surface area (Å²) < 4.78 is 0. The molecule has 1 aromatic heterocycles. The fraction of sp³-hybridized carbons (Fsp3) is 0.667. The van der Waals surface area contributed by atoms with Crippen molar-refractivity contribution in [1.82, 2.24) is 14.9 Å². The minimum Gasteiger partial charge on any atom is -0.310 e. The molecule has 0 aromatic carbocycles. The van der Waals surface area contributed by atoms with Gasteiger partial charge in [-0.1, -0.05) is 13.8 Å². The molecule has 0 atom stereocenters. The van der Waals surface area contributed by atoms with Crippen molar-refractivity contribution < 1.29 is 0 Å². The lowest BCUT2D eigenvalue weighted by Crippen LogP contribution is -2.36. The molecule has 4 nitrogen and oxygen atoms in total. The summed E-state index contributed by atoms with van der Waals surface area (Å²) in [5.41, 5.74) is 1.80. The highest BCUT2D eigenvalue weighted by atomic mass is 35.5. The summed E-state index contributed by atoms with van der Waals surface area (Å²) in [6, 6.07) is 0. The Hall–Kier alpha value is -0.870. The summed E-state index contributed by atoms with van der Waals surface area (Å²) >= 11 is 5.74. The number of rotatable bonds is 3. The van der Waals surface area contributed by atoms with Gasteiger partial charge in [-0.15, -0.1) is 11.6 Å². The van der Waals surface area contributed by atoms with Crippen LogP contribution in [0, 0.1) is 0 Å². The zero-order valence-corrected chi connectivity index (χ0v) is 11.0. The van der Waals surface area contributed by atoms with Crippen LogP contribution in [0.5, 0.6) is 0 Å². The van der Waals surface area contributed by atoms with E-state index in [0.29, 0.717) is 5.88 Å².